The highest BCUT2D eigenvalue weighted by Crippen LogP contribution is 2.15. The zero-order valence-corrected chi connectivity index (χ0v) is 23.2. The molecule has 208 valence electrons. The number of alkyl halides is 1. The van der Waals surface area contributed by atoms with E-state index in [1.807, 2.05) is 6.07 Å². The number of amides is 3. The van der Waals surface area contributed by atoms with Crippen LogP contribution in [0.3, 0.4) is 0 Å². The van der Waals surface area contributed by atoms with Gasteiger partial charge in [0.1, 0.15) is 22.6 Å². The number of carbonyl (C=O) groups excluding carboxylic acids is 4. The van der Waals surface area contributed by atoms with Crippen molar-refractivity contribution in [3.05, 3.63) is 52.0 Å². The molecule has 1 unspecified atom stereocenters. The minimum atomic E-state index is -1.89. The van der Waals surface area contributed by atoms with Gasteiger partial charge in [-0.1, -0.05) is 30.3 Å². The van der Waals surface area contributed by atoms with Crippen LogP contribution in [0, 0.1) is 6.92 Å². The zero-order valence-electron chi connectivity index (χ0n) is 21.7. The standard InChI is InChI=1S/C25H33ClN4O7S/c1-15-27-11-20(38-15)24(34)30-19(13-37-4)23(33)29-18(12-36-3)22(32)28-17(21(31)25(2,35)14-26)10-16-8-6-5-7-9-16/h5-9,11,17-19,35H,10,12-14H2,1-4H3,(H,28,32)(H,29,33)(H,30,34)/t17-,18-,19-,25?/m0/s1. The van der Waals surface area contributed by atoms with Crippen LogP contribution < -0.4 is 16.0 Å². The van der Waals surface area contributed by atoms with E-state index in [9.17, 15) is 24.3 Å². The van der Waals surface area contributed by atoms with Crippen molar-refractivity contribution in [3.8, 4) is 0 Å². The summed E-state index contributed by atoms with van der Waals surface area (Å²) in [6, 6.07) is 5.44. The number of rotatable bonds is 15. The maximum absolute atomic E-state index is 13.2. The number of thiazole rings is 1. The third-order valence-electron chi connectivity index (χ3n) is 5.47. The van der Waals surface area contributed by atoms with Crippen molar-refractivity contribution in [2.24, 2.45) is 0 Å². The lowest BCUT2D eigenvalue weighted by atomic mass is 9.92. The van der Waals surface area contributed by atoms with Crippen molar-refractivity contribution in [2.75, 3.05) is 33.3 Å². The van der Waals surface area contributed by atoms with Gasteiger partial charge < -0.3 is 30.5 Å². The van der Waals surface area contributed by atoms with E-state index in [4.69, 9.17) is 21.1 Å². The van der Waals surface area contributed by atoms with Crippen LogP contribution in [0.2, 0.25) is 0 Å². The molecule has 3 amide bonds. The monoisotopic (exact) mass is 568 g/mol. The molecule has 0 saturated heterocycles. The summed E-state index contributed by atoms with van der Waals surface area (Å²) in [6.07, 6.45) is 1.49. The molecule has 38 heavy (non-hydrogen) atoms. The number of aliphatic hydroxyl groups is 1. The third-order valence-corrected chi connectivity index (χ3v) is 6.91. The Labute approximate surface area is 230 Å². The second-order valence-corrected chi connectivity index (χ2v) is 10.3. The minimum Gasteiger partial charge on any atom is -0.382 e. The predicted octanol–water partition coefficient (Wildman–Crippen LogP) is 0.614. The lowest BCUT2D eigenvalue weighted by molar-refractivity contribution is -0.139. The van der Waals surface area contributed by atoms with Gasteiger partial charge in [0.05, 0.1) is 36.3 Å². The van der Waals surface area contributed by atoms with Gasteiger partial charge in [0, 0.05) is 14.2 Å². The SMILES string of the molecule is COC[C@H](NC(=O)c1cnc(C)s1)C(=O)N[C@@H](COC)C(=O)N[C@@H](Cc1ccccc1)C(=O)C(C)(O)CCl. The third kappa shape index (κ3) is 9.14. The minimum absolute atomic E-state index is 0.0860. The van der Waals surface area contributed by atoms with Gasteiger partial charge in [-0.05, 0) is 25.8 Å². The number of benzene rings is 1. The van der Waals surface area contributed by atoms with Gasteiger partial charge in [0.25, 0.3) is 5.91 Å². The Hall–Kier alpha value is -2.90. The van der Waals surface area contributed by atoms with Gasteiger partial charge in [0.2, 0.25) is 11.8 Å². The molecule has 0 aliphatic rings. The van der Waals surface area contributed by atoms with Crippen molar-refractivity contribution in [1.29, 1.82) is 0 Å². The largest absolute Gasteiger partial charge is 0.382 e. The molecule has 2 aromatic rings. The van der Waals surface area contributed by atoms with Crippen molar-refractivity contribution in [1.82, 2.24) is 20.9 Å². The van der Waals surface area contributed by atoms with Gasteiger partial charge in [-0.15, -0.1) is 22.9 Å². The Balaban J connectivity index is 2.18. The van der Waals surface area contributed by atoms with E-state index < -0.39 is 47.2 Å². The quantitative estimate of drug-likeness (QED) is 0.228. The number of aryl methyl sites for hydroxylation is 1. The van der Waals surface area contributed by atoms with E-state index >= 15 is 0 Å². The Morgan fingerprint density at radius 1 is 1.00 bits per heavy atom. The molecule has 1 aromatic heterocycles. The summed E-state index contributed by atoms with van der Waals surface area (Å²) in [5.41, 5.74) is -1.15. The molecule has 0 aliphatic heterocycles. The molecule has 13 heteroatoms. The van der Waals surface area contributed by atoms with Gasteiger partial charge in [-0.25, -0.2) is 4.98 Å². The Morgan fingerprint density at radius 3 is 2.05 bits per heavy atom. The van der Waals surface area contributed by atoms with E-state index in [2.05, 4.69) is 20.9 Å². The number of halogens is 1. The highest BCUT2D eigenvalue weighted by molar-refractivity contribution is 7.13. The number of aromatic nitrogens is 1. The number of ether oxygens (including phenoxy) is 2. The summed E-state index contributed by atoms with van der Waals surface area (Å²) in [5.74, 6) is -2.99. The second kappa shape index (κ2) is 14.9. The molecule has 1 heterocycles. The topological polar surface area (TPSA) is 156 Å². The Bertz CT molecular complexity index is 1100. The molecule has 2 rings (SSSR count). The molecule has 11 nitrogen and oxygen atoms in total. The van der Waals surface area contributed by atoms with E-state index in [0.717, 1.165) is 5.56 Å². The van der Waals surface area contributed by atoms with Crippen molar-refractivity contribution in [2.45, 2.75) is 44.0 Å². The van der Waals surface area contributed by atoms with Crippen LogP contribution in [-0.4, -0.2) is 90.6 Å². The number of Topliss-reactive ketones (excluding diaryl/α,β-unsaturated/α-hetero) is 1. The van der Waals surface area contributed by atoms with Crippen LogP contribution in [0.1, 0.15) is 27.2 Å². The number of methoxy groups -OCH3 is 2. The summed E-state index contributed by atoms with van der Waals surface area (Å²) in [6.45, 7) is 2.63. The summed E-state index contributed by atoms with van der Waals surface area (Å²) >= 11 is 6.96. The van der Waals surface area contributed by atoms with Crippen molar-refractivity contribution < 1.29 is 33.8 Å². The molecule has 0 spiro atoms. The summed E-state index contributed by atoms with van der Waals surface area (Å²) in [4.78, 5) is 56.2. The number of nitrogens with one attached hydrogen (secondary N) is 3. The number of hydrogen-bond donors (Lipinski definition) is 4. The number of carbonyl (C=O) groups is 4. The Morgan fingerprint density at radius 2 is 1.55 bits per heavy atom. The molecule has 0 fully saturated rings. The van der Waals surface area contributed by atoms with E-state index in [-0.39, 0.29) is 25.5 Å². The van der Waals surface area contributed by atoms with Gasteiger partial charge in [0.15, 0.2) is 5.78 Å². The molecule has 0 saturated carbocycles. The van der Waals surface area contributed by atoms with Crippen LogP contribution in [0.4, 0.5) is 0 Å². The van der Waals surface area contributed by atoms with E-state index in [0.29, 0.717) is 9.88 Å². The summed E-state index contributed by atoms with van der Waals surface area (Å²) in [5, 5.41) is 18.9. The predicted molar refractivity (Wildman–Crippen MR) is 142 cm³/mol. The molecule has 4 atom stereocenters. The first-order valence-electron chi connectivity index (χ1n) is 11.7. The fourth-order valence-corrected chi connectivity index (χ4v) is 4.25. The van der Waals surface area contributed by atoms with Gasteiger partial charge >= 0.3 is 0 Å². The fraction of sp³-hybridized carbons (Fsp3) is 0.480. The molecule has 0 radical (unpaired) electrons. The highest BCUT2D eigenvalue weighted by Gasteiger charge is 2.37. The van der Waals surface area contributed by atoms with Crippen molar-refractivity contribution in [3.63, 3.8) is 0 Å². The first kappa shape index (κ1) is 31.3. The maximum atomic E-state index is 13.2. The van der Waals surface area contributed by atoms with Crippen LogP contribution in [-0.2, 0) is 30.3 Å². The van der Waals surface area contributed by atoms with Crippen LogP contribution in [0.5, 0.6) is 0 Å². The lowest BCUT2D eigenvalue weighted by Crippen LogP contribution is -2.60. The van der Waals surface area contributed by atoms with Gasteiger partial charge in [-0.2, -0.15) is 0 Å². The maximum Gasteiger partial charge on any atom is 0.263 e. The summed E-state index contributed by atoms with van der Waals surface area (Å²) in [7, 11) is 2.71. The molecule has 0 aliphatic carbocycles. The van der Waals surface area contributed by atoms with E-state index in [1.165, 1.54) is 38.7 Å². The average Bonchev–Trinajstić information content (AvgIpc) is 3.34. The molecule has 4 N–H and O–H groups in total. The summed E-state index contributed by atoms with van der Waals surface area (Å²) < 4.78 is 10.2. The first-order valence-corrected chi connectivity index (χ1v) is 13.1. The first-order chi connectivity index (χ1) is 18.0. The lowest BCUT2D eigenvalue weighted by Gasteiger charge is -2.28. The molecule has 0 bridgehead atoms. The van der Waals surface area contributed by atoms with E-state index in [1.54, 1.807) is 31.2 Å². The molecular weight excluding hydrogens is 536 g/mol. The van der Waals surface area contributed by atoms with Crippen LogP contribution in [0.15, 0.2) is 36.5 Å². The second-order valence-electron chi connectivity index (χ2n) is 8.76. The number of nitrogens with zero attached hydrogens (tertiary/aromatic N) is 1. The highest BCUT2D eigenvalue weighted by atomic mass is 35.5. The Kier molecular flexibility index (Phi) is 12.3. The smallest absolute Gasteiger partial charge is 0.263 e. The normalized spacial score (nSPS) is 15.0. The van der Waals surface area contributed by atoms with Crippen molar-refractivity contribution >= 4 is 46.4 Å². The van der Waals surface area contributed by atoms with Crippen LogP contribution in [0.25, 0.3) is 0 Å². The number of ketones is 1. The van der Waals surface area contributed by atoms with Gasteiger partial charge in [-0.3, -0.25) is 19.2 Å². The average molecular weight is 569 g/mol. The molecule has 1 aromatic carbocycles. The fourth-order valence-electron chi connectivity index (χ4n) is 3.44. The number of hydrogen-bond acceptors (Lipinski definition) is 9. The molecular formula is C25H33ClN4O7S. The zero-order chi connectivity index (χ0) is 28.3. The van der Waals surface area contributed by atoms with Crippen LogP contribution >= 0.6 is 22.9 Å².